The van der Waals surface area contributed by atoms with Gasteiger partial charge in [-0.2, -0.15) is 4.99 Å². The topological polar surface area (TPSA) is 12.4 Å². The van der Waals surface area contributed by atoms with E-state index in [-0.39, 0.29) is 0 Å². The predicted molar refractivity (Wildman–Crippen MR) is 44.1 cm³/mol. The molecule has 0 atom stereocenters. The minimum Gasteiger partial charge on any atom is -0.200 e. The van der Waals surface area contributed by atoms with E-state index in [1.54, 1.807) is 0 Å². The molecule has 0 aliphatic carbocycles. The second kappa shape index (κ2) is 4.68. The first-order valence-corrected chi connectivity index (χ1v) is 3.46. The number of thiocarbonyl (C=S) groups is 1. The third-order valence-electron chi connectivity index (χ3n) is 1.03. The molecule has 9 heavy (non-hydrogen) atoms. The summed E-state index contributed by atoms with van der Waals surface area (Å²) in [5.41, 5.74) is 1.90. The molecule has 0 rings (SSSR count). The van der Waals surface area contributed by atoms with Gasteiger partial charge in [0.2, 0.25) is 0 Å². The molecule has 0 aromatic heterocycles. The van der Waals surface area contributed by atoms with Gasteiger partial charge in [-0.15, -0.1) is 11.6 Å². The van der Waals surface area contributed by atoms with Gasteiger partial charge in [-0.3, -0.25) is 0 Å². The lowest BCUT2D eigenvalue weighted by Crippen LogP contribution is -1.80. The normalized spacial score (nSPS) is 11.9. The Morgan fingerprint density at radius 3 is 2.56 bits per heavy atom. The predicted octanol–water partition coefficient (Wildman–Crippen LogP) is 2.62. The van der Waals surface area contributed by atoms with Crippen LogP contribution in [0.4, 0.5) is 0 Å². The highest BCUT2D eigenvalue weighted by atomic mass is 35.5. The van der Waals surface area contributed by atoms with Crippen LogP contribution in [0, 0.1) is 0 Å². The highest BCUT2D eigenvalue weighted by Crippen LogP contribution is 2.04. The molecule has 3 heteroatoms. The third kappa shape index (κ3) is 3.41. The van der Waals surface area contributed by atoms with Gasteiger partial charge in [0.1, 0.15) is 0 Å². The van der Waals surface area contributed by atoms with E-state index < -0.39 is 0 Å². The summed E-state index contributed by atoms with van der Waals surface area (Å²) in [4.78, 5) is 3.76. The summed E-state index contributed by atoms with van der Waals surface area (Å²) in [7, 11) is 0. The first kappa shape index (κ1) is 8.83. The zero-order chi connectivity index (χ0) is 7.28. The molecule has 0 unspecified atom stereocenters. The minimum absolute atomic E-state index is 0.506. The lowest BCUT2D eigenvalue weighted by molar-refractivity contribution is 1.20. The Bertz CT molecular complexity index is 168. The van der Waals surface area contributed by atoms with E-state index in [2.05, 4.69) is 22.4 Å². The highest BCUT2D eigenvalue weighted by Gasteiger charge is 1.89. The van der Waals surface area contributed by atoms with Crippen molar-refractivity contribution in [3.8, 4) is 0 Å². The Balaban J connectivity index is 4.27. The molecule has 0 aromatic rings. The Morgan fingerprint density at radius 2 is 2.22 bits per heavy atom. The molecular weight excluding hydrogens is 154 g/mol. The van der Waals surface area contributed by atoms with Gasteiger partial charge in [-0.25, -0.2) is 0 Å². The first-order valence-electron chi connectivity index (χ1n) is 2.52. The lowest BCUT2D eigenvalue weighted by Gasteiger charge is -1.93. The summed E-state index contributed by atoms with van der Waals surface area (Å²) in [6, 6.07) is 0. The maximum Gasteiger partial charge on any atom is 0.0637 e. The zero-order valence-electron chi connectivity index (χ0n) is 5.44. The van der Waals surface area contributed by atoms with Crippen molar-refractivity contribution >= 4 is 29.0 Å². The van der Waals surface area contributed by atoms with Gasteiger partial charge in [0, 0.05) is 11.6 Å². The van der Waals surface area contributed by atoms with E-state index in [0.29, 0.717) is 5.88 Å². The van der Waals surface area contributed by atoms with E-state index in [0.717, 1.165) is 11.3 Å². The summed E-state index contributed by atoms with van der Waals surface area (Å²) >= 11 is 9.90. The molecule has 0 spiro atoms. The molecule has 0 saturated heterocycles. The number of allylic oxidation sites excluding steroid dienone is 2. The van der Waals surface area contributed by atoms with Crippen LogP contribution in [0.3, 0.4) is 0 Å². The maximum atomic E-state index is 5.50. The standard InChI is InChI=1S/C6H8ClNS/c1-5(3-7)6(2)8-4-9/h3H2,1-2H3/b6-5-. The van der Waals surface area contributed by atoms with Gasteiger partial charge in [0.25, 0.3) is 0 Å². The molecular formula is C6H8ClNS. The number of rotatable bonds is 2. The van der Waals surface area contributed by atoms with Crippen LogP contribution in [0.25, 0.3) is 0 Å². The highest BCUT2D eigenvalue weighted by molar-refractivity contribution is 7.78. The summed E-state index contributed by atoms with van der Waals surface area (Å²) in [6.07, 6.45) is 0. The average Bonchev–Trinajstić information content (AvgIpc) is 1.87. The van der Waals surface area contributed by atoms with Gasteiger partial charge in [-0.05, 0) is 31.6 Å². The second-order valence-electron chi connectivity index (χ2n) is 1.70. The minimum atomic E-state index is 0.506. The Kier molecular flexibility index (Phi) is 4.60. The van der Waals surface area contributed by atoms with Crippen molar-refractivity contribution in [2.45, 2.75) is 13.8 Å². The van der Waals surface area contributed by atoms with E-state index in [1.807, 2.05) is 13.8 Å². The average molecular weight is 162 g/mol. The lowest BCUT2D eigenvalue weighted by atomic mass is 10.3. The Hall–Kier alpha value is -0.170. The summed E-state index contributed by atoms with van der Waals surface area (Å²) in [6.45, 7) is 3.77. The molecule has 0 aliphatic heterocycles. The van der Waals surface area contributed by atoms with E-state index in [4.69, 9.17) is 11.6 Å². The van der Waals surface area contributed by atoms with Crippen molar-refractivity contribution in [3.05, 3.63) is 11.3 Å². The fourth-order valence-electron chi connectivity index (χ4n) is 0.261. The number of aliphatic imine (C=N–C) groups is 1. The molecule has 0 bridgehead atoms. The van der Waals surface area contributed by atoms with E-state index >= 15 is 0 Å². The van der Waals surface area contributed by atoms with Crippen molar-refractivity contribution < 1.29 is 0 Å². The molecule has 0 fully saturated rings. The second-order valence-corrected chi connectivity index (χ2v) is 2.15. The fraction of sp³-hybridized carbons (Fsp3) is 0.500. The molecule has 0 aromatic carbocycles. The molecule has 0 radical (unpaired) electrons. The Morgan fingerprint density at radius 1 is 1.67 bits per heavy atom. The van der Waals surface area contributed by atoms with Gasteiger partial charge < -0.3 is 0 Å². The number of nitrogens with zero attached hydrogens (tertiary/aromatic N) is 1. The molecule has 0 heterocycles. The maximum absolute atomic E-state index is 5.50. The monoisotopic (exact) mass is 161 g/mol. The van der Waals surface area contributed by atoms with Gasteiger partial charge >= 0.3 is 0 Å². The molecule has 50 valence electrons. The van der Waals surface area contributed by atoms with E-state index in [9.17, 15) is 0 Å². The van der Waals surface area contributed by atoms with Crippen molar-refractivity contribution in [1.29, 1.82) is 0 Å². The van der Waals surface area contributed by atoms with Crippen LogP contribution in [0.2, 0.25) is 0 Å². The molecule has 0 N–H and O–H groups in total. The third-order valence-corrected chi connectivity index (χ3v) is 1.52. The number of hydrogen-bond donors (Lipinski definition) is 0. The number of isothiocyanates is 1. The van der Waals surface area contributed by atoms with Gasteiger partial charge in [0.05, 0.1) is 5.16 Å². The summed E-state index contributed by atoms with van der Waals surface area (Å²) in [5, 5.41) is 2.27. The smallest absolute Gasteiger partial charge is 0.0637 e. The fourth-order valence-corrected chi connectivity index (χ4v) is 0.591. The molecule has 0 saturated carbocycles. The first-order chi connectivity index (χ1) is 4.22. The zero-order valence-corrected chi connectivity index (χ0v) is 7.01. The van der Waals surface area contributed by atoms with Crippen molar-refractivity contribution in [1.82, 2.24) is 0 Å². The van der Waals surface area contributed by atoms with Crippen LogP contribution in [0.15, 0.2) is 16.3 Å². The number of alkyl halides is 1. The number of hydrogen-bond acceptors (Lipinski definition) is 2. The SMILES string of the molecule is C/C(CCl)=C(\C)N=C=S. The van der Waals surface area contributed by atoms with Crippen LogP contribution in [0.5, 0.6) is 0 Å². The molecule has 0 amide bonds. The van der Waals surface area contributed by atoms with Crippen molar-refractivity contribution in [2.24, 2.45) is 4.99 Å². The van der Waals surface area contributed by atoms with Crippen LogP contribution < -0.4 is 0 Å². The van der Waals surface area contributed by atoms with E-state index in [1.165, 1.54) is 0 Å². The van der Waals surface area contributed by atoms with Crippen molar-refractivity contribution in [2.75, 3.05) is 5.88 Å². The Labute approximate surface area is 65.4 Å². The van der Waals surface area contributed by atoms with Crippen molar-refractivity contribution in [3.63, 3.8) is 0 Å². The molecule has 1 nitrogen and oxygen atoms in total. The summed E-state index contributed by atoms with van der Waals surface area (Å²) < 4.78 is 0. The van der Waals surface area contributed by atoms with Crippen LogP contribution in [-0.4, -0.2) is 11.0 Å². The molecule has 0 aliphatic rings. The van der Waals surface area contributed by atoms with Gasteiger partial charge in [-0.1, -0.05) is 0 Å². The van der Waals surface area contributed by atoms with Crippen LogP contribution in [0.1, 0.15) is 13.8 Å². The summed E-state index contributed by atoms with van der Waals surface area (Å²) in [5.74, 6) is 0.506. The largest absolute Gasteiger partial charge is 0.200 e. The van der Waals surface area contributed by atoms with Crippen LogP contribution in [-0.2, 0) is 0 Å². The van der Waals surface area contributed by atoms with Crippen LogP contribution >= 0.6 is 23.8 Å². The van der Waals surface area contributed by atoms with Gasteiger partial charge in [0.15, 0.2) is 0 Å². The number of halogens is 1. The quantitative estimate of drug-likeness (QED) is 0.345.